The van der Waals surface area contributed by atoms with Gasteiger partial charge in [-0.1, -0.05) is 0 Å². The molecule has 17 heavy (non-hydrogen) atoms. The first-order valence-electron chi connectivity index (χ1n) is 6.72. The van der Waals surface area contributed by atoms with Crippen LogP contribution in [0.1, 0.15) is 33.1 Å². The number of rotatable bonds is 4. The maximum absolute atomic E-state index is 11.8. The third-order valence-corrected chi connectivity index (χ3v) is 3.94. The fraction of sp³-hybridized carbons (Fsp3) is 0.923. The van der Waals surface area contributed by atoms with Gasteiger partial charge in [0, 0.05) is 38.8 Å². The molecular formula is C13H25N3O. The van der Waals surface area contributed by atoms with Gasteiger partial charge in [0.2, 0.25) is 5.91 Å². The molecule has 2 fully saturated rings. The highest BCUT2D eigenvalue weighted by molar-refractivity contribution is 5.80. The second-order valence-electron chi connectivity index (χ2n) is 5.83. The fourth-order valence-corrected chi connectivity index (χ4v) is 2.90. The van der Waals surface area contributed by atoms with E-state index < -0.39 is 0 Å². The van der Waals surface area contributed by atoms with E-state index in [1.54, 1.807) is 4.90 Å². The molecule has 4 nitrogen and oxygen atoms in total. The van der Waals surface area contributed by atoms with Gasteiger partial charge in [0.05, 0.1) is 6.04 Å². The van der Waals surface area contributed by atoms with Crippen LogP contribution in [-0.2, 0) is 4.79 Å². The molecule has 4 heteroatoms. The summed E-state index contributed by atoms with van der Waals surface area (Å²) in [5, 5.41) is 3.47. The highest BCUT2D eigenvalue weighted by Crippen LogP contribution is 2.33. The number of likely N-dealkylation sites (N-methyl/N-ethyl adjacent to an activating group) is 1. The average Bonchev–Trinajstić information content (AvgIpc) is 3.03. The molecular weight excluding hydrogens is 214 g/mol. The van der Waals surface area contributed by atoms with E-state index in [9.17, 15) is 4.79 Å². The van der Waals surface area contributed by atoms with Crippen molar-refractivity contribution in [2.75, 3.05) is 20.6 Å². The summed E-state index contributed by atoms with van der Waals surface area (Å²) in [6.07, 6.45) is 3.90. The van der Waals surface area contributed by atoms with Gasteiger partial charge in [-0.05, 0) is 33.1 Å². The van der Waals surface area contributed by atoms with Crippen LogP contribution < -0.4 is 5.32 Å². The molecule has 1 amide bonds. The Morgan fingerprint density at radius 3 is 2.59 bits per heavy atom. The van der Waals surface area contributed by atoms with E-state index in [0.29, 0.717) is 12.1 Å². The van der Waals surface area contributed by atoms with E-state index in [2.05, 4.69) is 17.1 Å². The van der Waals surface area contributed by atoms with Crippen LogP contribution in [0.4, 0.5) is 0 Å². The molecule has 3 unspecified atom stereocenters. The summed E-state index contributed by atoms with van der Waals surface area (Å²) in [5.41, 5.74) is 0. The van der Waals surface area contributed by atoms with Gasteiger partial charge in [-0.2, -0.15) is 0 Å². The Morgan fingerprint density at radius 1 is 1.41 bits per heavy atom. The van der Waals surface area contributed by atoms with Crippen molar-refractivity contribution in [3.8, 4) is 0 Å². The number of hydrogen-bond acceptors (Lipinski definition) is 3. The summed E-state index contributed by atoms with van der Waals surface area (Å²) in [4.78, 5) is 16.1. The number of carbonyl (C=O) groups is 1. The van der Waals surface area contributed by atoms with Crippen LogP contribution in [0.3, 0.4) is 0 Å². The summed E-state index contributed by atoms with van der Waals surface area (Å²) in [6, 6.07) is 1.91. The van der Waals surface area contributed by atoms with Crippen molar-refractivity contribution in [2.45, 2.75) is 57.3 Å². The lowest BCUT2D eigenvalue weighted by atomic mass is 10.1. The zero-order valence-electron chi connectivity index (χ0n) is 11.4. The fourth-order valence-electron chi connectivity index (χ4n) is 2.90. The third-order valence-electron chi connectivity index (χ3n) is 3.94. The molecule has 1 saturated carbocycles. The topological polar surface area (TPSA) is 35.6 Å². The molecule has 0 aromatic rings. The van der Waals surface area contributed by atoms with Crippen molar-refractivity contribution in [1.29, 1.82) is 0 Å². The molecule has 2 rings (SSSR count). The van der Waals surface area contributed by atoms with Gasteiger partial charge in [0.1, 0.15) is 0 Å². The highest BCUT2D eigenvalue weighted by atomic mass is 16.2. The monoisotopic (exact) mass is 239 g/mol. The molecule has 2 aliphatic rings. The molecule has 1 N–H and O–H groups in total. The minimum absolute atomic E-state index is 0.0682. The van der Waals surface area contributed by atoms with Crippen LogP contribution in [0.2, 0.25) is 0 Å². The van der Waals surface area contributed by atoms with Crippen LogP contribution in [-0.4, -0.2) is 60.5 Å². The van der Waals surface area contributed by atoms with Gasteiger partial charge in [-0.25, -0.2) is 0 Å². The van der Waals surface area contributed by atoms with Crippen molar-refractivity contribution in [3.05, 3.63) is 0 Å². The molecule has 0 aromatic carbocycles. The molecule has 0 radical (unpaired) electrons. The largest absolute Gasteiger partial charge is 0.347 e. The molecule has 1 aliphatic heterocycles. The standard InChI is InChI=1S/C13H25N3O/c1-9-7-11(8-16(9)12-5-6-12)14-10(2)13(17)15(3)4/h9-12,14H,5-8H2,1-4H3. The maximum atomic E-state index is 11.8. The summed E-state index contributed by atoms with van der Waals surface area (Å²) in [6.45, 7) is 5.38. The third kappa shape index (κ3) is 2.99. The first-order valence-corrected chi connectivity index (χ1v) is 6.72. The van der Waals surface area contributed by atoms with E-state index in [4.69, 9.17) is 0 Å². The minimum Gasteiger partial charge on any atom is -0.347 e. The number of hydrogen-bond donors (Lipinski definition) is 1. The first kappa shape index (κ1) is 12.8. The Morgan fingerprint density at radius 2 is 2.06 bits per heavy atom. The summed E-state index contributed by atoms with van der Waals surface area (Å²) in [5.74, 6) is 0.169. The maximum Gasteiger partial charge on any atom is 0.238 e. The van der Waals surface area contributed by atoms with Gasteiger partial charge < -0.3 is 10.2 Å². The van der Waals surface area contributed by atoms with Crippen LogP contribution in [0.25, 0.3) is 0 Å². The predicted molar refractivity (Wildman–Crippen MR) is 68.9 cm³/mol. The quantitative estimate of drug-likeness (QED) is 0.783. The van der Waals surface area contributed by atoms with Crippen molar-refractivity contribution < 1.29 is 4.79 Å². The number of nitrogens with one attached hydrogen (secondary N) is 1. The molecule has 1 saturated heterocycles. The number of carbonyl (C=O) groups excluding carboxylic acids is 1. The summed E-state index contributed by atoms with van der Waals surface area (Å²) >= 11 is 0. The molecule has 3 atom stereocenters. The van der Waals surface area contributed by atoms with Gasteiger partial charge >= 0.3 is 0 Å². The van der Waals surface area contributed by atoms with E-state index in [1.807, 2.05) is 21.0 Å². The first-order chi connectivity index (χ1) is 7.99. The zero-order valence-corrected chi connectivity index (χ0v) is 11.4. The lowest BCUT2D eigenvalue weighted by Crippen LogP contribution is -2.47. The molecule has 0 bridgehead atoms. The van der Waals surface area contributed by atoms with Gasteiger partial charge in [-0.3, -0.25) is 9.69 Å². The average molecular weight is 239 g/mol. The lowest BCUT2D eigenvalue weighted by Gasteiger charge is -2.22. The van der Waals surface area contributed by atoms with Crippen LogP contribution >= 0.6 is 0 Å². The number of likely N-dealkylation sites (tertiary alicyclic amines) is 1. The molecule has 0 spiro atoms. The Bertz CT molecular complexity index is 288. The van der Waals surface area contributed by atoms with E-state index in [0.717, 1.165) is 12.6 Å². The van der Waals surface area contributed by atoms with E-state index >= 15 is 0 Å². The minimum atomic E-state index is -0.0682. The van der Waals surface area contributed by atoms with Crippen LogP contribution in [0.5, 0.6) is 0 Å². The molecule has 98 valence electrons. The van der Waals surface area contributed by atoms with Crippen molar-refractivity contribution >= 4 is 5.91 Å². The normalized spacial score (nSPS) is 31.5. The lowest BCUT2D eigenvalue weighted by molar-refractivity contribution is -0.130. The van der Waals surface area contributed by atoms with Crippen LogP contribution in [0, 0.1) is 0 Å². The van der Waals surface area contributed by atoms with Gasteiger partial charge in [-0.15, -0.1) is 0 Å². The number of amides is 1. The second kappa shape index (κ2) is 4.94. The predicted octanol–water partition coefficient (Wildman–Crippen LogP) is 0.678. The Hall–Kier alpha value is -0.610. The van der Waals surface area contributed by atoms with Crippen molar-refractivity contribution in [1.82, 2.24) is 15.1 Å². The Labute approximate surface area is 104 Å². The van der Waals surface area contributed by atoms with Crippen LogP contribution in [0.15, 0.2) is 0 Å². The van der Waals surface area contributed by atoms with E-state index in [-0.39, 0.29) is 11.9 Å². The van der Waals surface area contributed by atoms with Crippen molar-refractivity contribution in [2.24, 2.45) is 0 Å². The molecule has 1 aliphatic carbocycles. The van der Waals surface area contributed by atoms with Crippen molar-refractivity contribution in [3.63, 3.8) is 0 Å². The number of nitrogens with zero attached hydrogens (tertiary/aromatic N) is 2. The molecule has 1 heterocycles. The van der Waals surface area contributed by atoms with E-state index in [1.165, 1.54) is 19.3 Å². The smallest absolute Gasteiger partial charge is 0.238 e. The summed E-state index contributed by atoms with van der Waals surface area (Å²) in [7, 11) is 3.63. The van der Waals surface area contributed by atoms with Gasteiger partial charge in [0.25, 0.3) is 0 Å². The van der Waals surface area contributed by atoms with Gasteiger partial charge in [0.15, 0.2) is 0 Å². The highest BCUT2D eigenvalue weighted by Gasteiger charge is 2.39. The molecule has 0 aromatic heterocycles. The Balaban J connectivity index is 1.82. The SMILES string of the molecule is CC(NC1CC(C)N(C2CC2)C1)C(=O)N(C)C. The second-order valence-corrected chi connectivity index (χ2v) is 5.83. The Kier molecular flexibility index (Phi) is 3.73. The summed E-state index contributed by atoms with van der Waals surface area (Å²) < 4.78 is 0. The zero-order chi connectivity index (χ0) is 12.6.